The molecule has 4 N–H and O–H groups in total. The van der Waals surface area contributed by atoms with Crippen molar-refractivity contribution in [2.75, 3.05) is 18.4 Å². The smallest absolute Gasteiger partial charge is 0.315 e. The summed E-state index contributed by atoms with van der Waals surface area (Å²) in [7, 11) is 0. The third-order valence-corrected chi connectivity index (χ3v) is 4.17. The van der Waals surface area contributed by atoms with Crippen LogP contribution in [0, 0.1) is 20.8 Å². The maximum Gasteiger partial charge on any atom is 0.315 e. The van der Waals surface area contributed by atoms with Crippen LogP contribution < -0.4 is 21.5 Å². The summed E-state index contributed by atoms with van der Waals surface area (Å²) in [6, 6.07) is 0.998. The van der Waals surface area contributed by atoms with E-state index in [-0.39, 0.29) is 17.6 Å². The number of aryl methyl sites for hydroxylation is 3. The van der Waals surface area contributed by atoms with Crippen molar-refractivity contribution < 1.29 is 4.79 Å². The van der Waals surface area contributed by atoms with Gasteiger partial charge in [0.2, 0.25) is 5.95 Å². The Balaban J connectivity index is 1.75. The van der Waals surface area contributed by atoms with Crippen molar-refractivity contribution in [2.24, 2.45) is 0 Å². The second-order valence-corrected chi connectivity index (χ2v) is 6.87. The van der Waals surface area contributed by atoms with Crippen LogP contribution in [0.15, 0.2) is 10.9 Å². The summed E-state index contributed by atoms with van der Waals surface area (Å²) in [5.74, 6) is 0.393. The Morgan fingerprint density at radius 3 is 2.67 bits per heavy atom. The van der Waals surface area contributed by atoms with E-state index in [1.807, 2.05) is 20.8 Å². The maximum atomic E-state index is 11.9. The molecule has 0 bridgehead atoms. The van der Waals surface area contributed by atoms with Crippen molar-refractivity contribution in [3.8, 4) is 0 Å². The molecule has 2 heterocycles. The average molecular weight is 350 g/mol. The number of H-pyrrole nitrogens is 1. The molecule has 2 rings (SSSR count). The third-order valence-electron chi connectivity index (χ3n) is 3.27. The van der Waals surface area contributed by atoms with Gasteiger partial charge in [0.1, 0.15) is 0 Å². The van der Waals surface area contributed by atoms with Gasteiger partial charge in [-0.2, -0.15) is 0 Å². The molecule has 0 saturated heterocycles. The molecule has 9 heteroatoms. The van der Waals surface area contributed by atoms with Gasteiger partial charge in [-0.3, -0.25) is 9.78 Å². The number of hydrogen-bond donors (Lipinski definition) is 4. The summed E-state index contributed by atoms with van der Waals surface area (Å²) < 4.78 is 0. The number of amides is 2. The number of thiazole rings is 1. The first-order valence-corrected chi connectivity index (χ1v) is 8.47. The molecular formula is C15H22N6O2S. The van der Waals surface area contributed by atoms with Crippen molar-refractivity contribution >= 4 is 23.3 Å². The highest BCUT2D eigenvalue weighted by molar-refractivity contribution is 7.11. The molecule has 0 spiro atoms. The zero-order chi connectivity index (χ0) is 17.7. The number of nitrogens with zero attached hydrogens (tertiary/aromatic N) is 2. The summed E-state index contributed by atoms with van der Waals surface area (Å²) in [5.41, 5.74) is 1.32. The summed E-state index contributed by atoms with van der Waals surface area (Å²) in [6.07, 6.45) is 0. The molecule has 0 aliphatic rings. The molecule has 8 nitrogen and oxygen atoms in total. The fraction of sp³-hybridized carbons (Fsp3) is 0.467. The van der Waals surface area contributed by atoms with E-state index < -0.39 is 0 Å². The summed E-state index contributed by atoms with van der Waals surface area (Å²) in [4.78, 5) is 35.5. The molecule has 0 aromatic carbocycles. The second kappa shape index (κ2) is 7.91. The van der Waals surface area contributed by atoms with E-state index in [1.165, 1.54) is 6.07 Å². The van der Waals surface area contributed by atoms with Gasteiger partial charge >= 0.3 is 6.03 Å². The van der Waals surface area contributed by atoms with Crippen LogP contribution in [0.4, 0.5) is 10.7 Å². The molecule has 130 valence electrons. The average Bonchev–Trinajstić information content (AvgIpc) is 2.81. The molecule has 1 unspecified atom stereocenters. The summed E-state index contributed by atoms with van der Waals surface area (Å²) >= 11 is 1.62. The third kappa shape index (κ3) is 5.05. The predicted octanol–water partition coefficient (Wildman–Crippen LogP) is 1.62. The lowest BCUT2D eigenvalue weighted by Crippen LogP contribution is -2.39. The highest BCUT2D eigenvalue weighted by atomic mass is 32.1. The molecule has 0 fully saturated rings. The van der Waals surface area contributed by atoms with E-state index in [2.05, 4.69) is 30.9 Å². The van der Waals surface area contributed by atoms with E-state index in [0.29, 0.717) is 24.7 Å². The van der Waals surface area contributed by atoms with Crippen molar-refractivity contribution in [1.82, 2.24) is 25.6 Å². The van der Waals surface area contributed by atoms with Gasteiger partial charge in [0.05, 0.1) is 16.7 Å². The van der Waals surface area contributed by atoms with Gasteiger partial charge in [0.25, 0.3) is 5.56 Å². The molecule has 2 aromatic heterocycles. The van der Waals surface area contributed by atoms with Gasteiger partial charge in [0.15, 0.2) is 0 Å². The van der Waals surface area contributed by atoms with E-state index in [0.717, 1.165) is 15.6 Å². The Morgan fingerprint density at radius 2 is 2.04 bits per heavy atom. The summed E-state index contributed by atoms with van der Waals surface area (Å²) in [5, 5.41) is 9.56. The molecule has 2 amide bonds. The Hall–Kier alpha value is -2.42. The number of hydrogen-bond acceptors (Lipinski definition) is 6. The van der Waals surface area contributed by atoms with Crippen LogP contribution in [0.2, 0.25) is 0 Å². The fourth-order valence-electron chi connectivity index (χ4n) is 2.28. The van der Waals surface area contributed by atoms with Crippen LogP contribution in [-0.4, -0.2) is 34.1 Å². The number of carbonyl (C=O) groups is 1. The monoisotopic (exact) mass is 350 g/mol. The second-order valence-electron chi connectivity index (χ2n) is 5.46. The highest BCUT2D eigenvalue weighted by Crippen LogP contribution is 2.22. The number of carbonyl (C=O) groups excluding carboxylic acids is 1. The van der Waals surface area contributed by atoms with Gasteiger partial charge < -0.3 is 16.0 Å². The fourth-order valence-corrected chi connectivity index (χ4v) is 3.20. The first-order valence-electron chi connectivity index (χ1n) is 7.65. The van der Waals surface area contributed by atoms with Crippen LogP contribution in [0.25, 0.3) is 0 Å². The van der Waals surface area contributed by atoms with Crippen LogP contribution in [-0.2, 0) is 0 Å². The van der Waals surface area contributed by atoms with E-state index in [1.54, 1.807) is 18.3 Å². The van der Waals surface area contributed by atoms with Gasteiger partial charge in [-0.05, 0) is 27.7 Å². The van der Waals surface area contributed by atoms with E-state index in [9.17, 15) is 9.59 Å². The van der Waals surface area contributed by atoms with Crippen LogP contribution in [0.3, 0.4) is 0 Å². The van der Waals surface area contributed by atoms with Crippen LogP contribution >= 0.6 is 11.3 Å². The number of aromatic nitrogens is 3. The largest absolute Gasteiger partial charge is 0.354 e. The number of aromatic amines is 1. The maximum absolute atomic E-state index is 11.9. The minimum Gasteiger partial charge on any atom is -0.354 e. The number of nitrogens with one attached hydrogen (secondary N) is 4. The lowest BCUT2D eigenvalue weighted by Gasteiger charge is -2.14. The van der Waals surface area contributed by atoms with Crippen molar-refractivity contribution in [1.29, 1.82) is 0 Å². The molecule has 2 aromatic rings. The van der Waals surface area contributed by atoms with Gasteiger partial charge in [-0.15, -0.1) is 11.3 Å². The standard InChI is InChI=1S/C15H22N6O2S/c1-8-7-12(22)21-14(18-8)16-5-6-17-15(23)19-9(2)13-10(3)24-11(4)20-13/h7,9H,5-6H2,1-4H3,(H2,17,19,23)(H2,16,18,21,22). The molecule has 1 atom stereocenters. The summed E-state index contributed by atoms with van der Waals surface area (Å²) in [6.45, 7) is 8.43. The molecule has 0 aliphatic carbocycles. The topological polar surface area (TPSA) is 112 Å². The number of rotatable bonds is 6. The lowest BCUT2D eigenvalue weighted by molar-refractivity contribution is 0.238. The first-order chi connectivity index (χ1) is 11.3. The Morgan fingerprint density at radius 1 is 1.29 bits per heavy atom. The van der Waals surface area contributed by atoms with E-state index in [4.69, 9.17) is 0 Å². The van der Waals surface area contributed by atoms with Gasteiger partial charge in [0, 0.05) is 29.7 Å². The van der Waals surface area contributed by atoms with Crippen molar-refractivity contribution in [3.63, 3.8) is 0 Å². The van der Waals surface area contributed by atoms with Crippen LogP contribution in [0.5, 0.6) is 0 Å². The Bertz CT molecular complexity index is 770. The number of urea groups is 1. The Kier molecular flexibility index (Phi) is 5.91. The Labute approximate surface area is 144 Å². The van der Waals surface area contributed by atoms with Crippen molar-refractivity contribution in [3.05, 3.63) is 37.7 Å². The zero-order valence-electron chi connectivity index (χ0n) is 14.2. The van der Waals surface area contributed by atoms with E-state index >= 15 is 0 Å². The minimum absolute atomic E-state index is 0.155. The van der Waals surface area contributed by atoms with Gasteiger partial charge in [-0.1, -0.05) is 0 Å². The van der Waals surface area contributed by atoms with Crippen molar-refractivity contribution in [2.45, 2.75) is 33.7 Å². The molecular weight excluding hydrogens is 328 g/mol. The molecule has 24 heavy (non-hydrogen) atoms. The zero-order valence-corrected chi connectivity index (χ0v) is 15.0. The van der Waals surface area contributed by atoms with Crippen LogP contribution in [0.1, 0.15) is 34.2 Å². The minimum atomic E-state index is -0.264. The lowest BCUT2D eigenvalue weighted by atomic mass is 10.2. The normalized spacial score (nSPS) is 11.8. The predicted molar refractivity (Wildman–Crippen MR) is 94.6 cm³/mol. The van der Waals surface area contributed by atoms with Gasteiger partial charge in [-0.25, -0.2) is 14.8 Å². The molecule has 0 saturated carbocycles. The number of anilines is 1. The molecule has 0 radical (unpaired) electrons. The highest BCUT2D eigenvalue weighted by Gasteiger charge is 2.15. The quantitative estimate of drug-likeness (QED) is 0.592. The SMILES string of the molecule is Cc1cc(=O)[nH]c(NCCNC(=O)NC(C)c2nc(C)sc2C)n1. The molecule has 0 aliphatic heterocycles. The first kappa shape index (κ1) is 17.9.